The molecule has 0 saturated carbocycles. The van der Waals surface area contributed by atoms with Gasteiger partial charge in [-0.25, -0.2) is 4.98 Å². The van der Waals surface area contributed by atoms with E-state index in [1.807, 2.05) is 0 Å². The molecule has 5 nitrogen and oxygen atoms in total. The van der Waals surface area contributed by atoms with Gasteiger partial charge in [-0.1, -0.05) is 11.6 Å². The van der Waals surface area contributed by atoms with Crippen molar-refractivity contribution in [2.75, 3.05) is 7.05 Å². The third-order valence-corrected chi connectivity index (χ3v) is 2.49. The van der Waals surface area contributed by atoms with Crippen LogP contribution in [0.4, 0.5) is 13.2 Å². The average molecular weight is 313 g/mol. The summed E-state index contributed by atoms with van der Waals surface area (Å²) >= 11 is 10.3. The molecule has 0 atom stereocenters. The van der Waals surface area contributed by atoms with E-state index in [2.05, 4.69) is 33.4 Å². The maximum Gasteiger partial charge on any atom is 0.417 e. The summed E-state index contributed by atoms with van der Waals surface area (Å²) in [6.07, 6.45) is -4.05. The Kier molecular flexibility index (Phi) is 4.90. The molecule has 0 radical (unpaired) electrons. The van der Waals surface area contributed by atoms with Crippen LogP contribution < -0.4 is 16.2 Å². The summed E-state index contributed by atoms with van der Waals surface area (Å²) in [5, 5.41) is 2.23. The van der Waals surface area contributed by atoms with E-state index in [0.29, 0.717) is 12.3 Å². The Morgan fingerprint density at radius 2 is 2.05 bits per heavy atom. The van der Waals surface area contributed by atoms with Crippen LogP contribution >= 0.6 is 23.8 Å². The van der Waals surface area contributed by atoms with Crippen molar-refractivity contribution in [2.24, 2.45) is 0 Å². The quantitative estimate of drug-likeness (QED) is 0.542. The zero-order valence-corrected chi connectivity index (χ0v) is 11.0. The highest BCUT2D eigenvalue weighted by Gasteiger charge is 2.32. The van der Waals surface area contributed by atoms with Crippen LogP contribution in [-0.2, 0) is 6.18 Å². The van der Waals surface area contributed by atoms with Crippen LogP contribution in [0.25, 0.3) is 0 Å². The Balaban J connectivity index is 2.85. The summed E-state index contributed by atoms with van der Waals surface area (Å²) in [7, 11) is 1.52. The topological polar surface area (TPSA) is 66.0 Å². The first-order chi connectivity index (χ1) is 8.75. The number of alkyl halides is 3. The Labute approximate surface area is 116 Å². The SMILES string of the molecule is CNC(=S)NNC(=O)c1ncc(C(F)(F)F)cc1Cl. The van der Waals surface area contributed by atoms with Crippen LogP contribution in [0.3, 0.4) is 0 Å². The molecular formula is C9H8ClF3N4OS. The molecule has 0 fully saturated rings. The molecule has 0 aromatic carbocycles. The van der Waals surface area contributed by atoms with Gasteiger partial charge in [0.2, 0.25) is 0 Å². The predicted octanol–water partition coefficient (Wildman–Crippen LogP) is 1.49. The normalized spacial score (nSPS) is 10.8. The minimum absolute atomic E-state index is 0.122. The van der Waals surface area contributed by atoms with Crippen molar-refractivity contribution in [3.8, 4) is 0 Å². The fourth-order valence-corrected chi connectivity index (χ4v) is 1.30. The Morgan fingerprint density at radius 1 is 1.42 bits per heavy atom. The molecule has 1 amide bonds. The van der Waals surface area contributed by atoms with Gasteiger partial charge in [0.05, 0.1) is 10.6 Å². The van der Waals surface area contributed by atoms with Crippen molar-refractivity contribution in [3.63, 3.8) is 0 Å². The van der Waals surface area contributed by atoms with E-state index in [0.717, 1.165) is 0 Å². The van der Waals surface area contributed by atoms with Gasteiger partial charge in [-0.15, -0.1) is 0 Å². The fraction of sp³-hybridized carbons (Fsp3) is 0.222. The third kappa shape index (κ3) is 4.21. The number of rotatable bonds is 1. The summed E-state index contributed by atoms with van der Waals surface area (Å²) in [6.45, 7) is 0. The zero-order valence-electron chi connectivity index (χ0n) is 9.43. The minimum Gasteiger partial charge on any atom is -0.364 e. The molecule has 0 spiro atoms. The molecule has 0 aliphatic carbocycles. The Morgan fingerprint density at radius 3 is 2.53 bits per heavy atom. The lowest BCUT2D eigenvalue weighted by Crippen LogP contribution is -2.45. The van der Waals surface area contributed by atoms with Crippen molar-refractivity contribution in [1.29, 1.82) is 0 Å². The standard InChI is InChI=1S/C9H8ClF3N4OS/c1-14-8(19)17-16-7(18)6-5(10)2-4(3-15-6)9(11,12)13/h2-3H,1H3,(H,16,18)(H2,14,17,19). The Hall–Kier alpha value is -1.61. The smallest absolute Gasteiger partial charge is 0.364 e. The molecule has 19 heavy (non-hydrogen) atoms. The summed E-state index contributed by atoms with van der Waals surface area (Å²) in [6, 6.07) is 0.625. The first-order valence-electron chi connectivity index (χ1n) is 4.76. The molecule has 1 aromatic rings. The lowest BCUT2D eigenvalue weighted by molar-refractivity contribution is -0.137. The molecule has 104 valence electrons. The number of carbonyl (C=O) groups is 1. The van der Waals surface area contributed by atoms with E-state index < -0.39 is 22.7 Å². The number of carbonyl (C=O) groups excluding carboxylic acids is 1. The highest BCUT2D eigenvalue weighted by molar-refractivity contribution is 7.80. The van der Waals surface area contributed by atoms with Crippen LogP contribution in [0.2, 0.25) is 5.02 Å². The zero-order chi connectivity index (χ0) is 14.6. The molecule has 0 saturated heterocycles. The van der Waals surface area contributed by atoms with Gasteiger partial charge in [0.25, 0.3) is 5.91 Å². The van der Waals surface area contributed by atoms with E-state index in [1.54, 1.807) is 0 Å². The molecular weight excluding hydrogens is 305 g/mol. The minimum atomic E-state index is -4.57. The van der Waals surface area contributed by atoms with Crippen molar-refractivity contribution < 1.29 is 18.0 Å². The molecule has 1 rings (SSSR count). The van der Waals surface area contributed by atoms with E-state index in [-0.39, 0.29) is 10.8 Å². The number of thiocarbonyl (C=S) groups is 1. The second-order valence-corrected chi connectivity index (χ2v) is 4.03. The molecule has 1 aromatic heterocycles. The highest BCUT2D eigenvalue weighted by Crippen LogP contribution is 2.30. The predicted molar refractivity (Wildman–Crippen MR) is 66.5 cm³/mol. The van der Waals surface area contributed by atoms with Gasteiger partial charge < -0.3 is 5.32 Å². The largest absolute Gasteiger partial charge is 0.417 e. The molecule has 0 bridgehead atoms. The summed E-state index contributed by atoms with van der Waals surface area (Å²) in [5.74, 6) is -0.809. The number of halogens is 4. The van der Waals surface area contributed by atoms with Crippen LogP contribution in [0.1, 0.15) is 16.1 Å². The second-order valence-electron chi connectivity index (χ2n) is 3.21. The van der Waals surface area contributed by atoms with Crippen molar-refractivity contribution in [1.82, 2.24) is 21.2 Å². The molecule has 0 aliphatic rings. The maximum absolute atomic E-state index is 12.4. The van der Waals surface area contributed by atoms with Crippen LogP contribution in [0.5, 0.6) is 0 Å². The maximum atomic E-state index is 12.4. The van der Waals surface area contributed by atoms with E-state index in [4.69, 9.17) is 11.6 Å². The van der Waals surface area contributed by atoms with Crippen LogP contribution in [0, 0.1) is 0 Å². The van der Waals surface area contributed by atoms with Crippen LogP contribution in [-0.4, -0.2) is 23.1 Å². The molecule has 0 unspecified atom stereocenters. The van der Waals surface area contributed by atoms with Gasteiger partial charge in [0.1, 0.15) is 5.69 Å². The summed E-state index contributed by atoms with van der Waals surface area (Å²) in [5.41, 5.74) is 3.05. The second kappa shape index (κ2) is 6.02. The van der Waals surface area contributed by atoms with Crippen molar-refractivity contribution in [3.05, 3.63) is 28.5 Å². The molecule has 10 heteroatoms. The Bertz CT molecular complexity index is 509. The van der Waals surface area contributed by atoms with Crippen LogP contribution in [0.15, 0.2) is 12.3 Å². The lowest BCUT2D eigenvalue weighted by atomic mass is 10.2. The van der Waals surface area contributed by atoms with E-state index >= 15 is 0 Å². The summed E-state index contributed by atoms with van der Waals surface area (Å²) < 4.78 is 37.1. The molecule has 1 heterocycles. The number of hydrogen-bond donors (Lipinski definition) is 3. The van der Waals surface area contributed by atoms with E-state index in [9.17, 15) is 18.0 Å². The molecule has 3 N–H and O–H groups in total. The number of aromatic nitrogens is 1. The van der Waals surface area contributed by atoms with E-state index in [1.165, 1.54) is 7.05 Å². The summed E-state index contributed by atoms with van der Waals surface area (Å²) in [4.78, 5) is 14.9. The highest BCUT2D eigenvalue weighted by atomic mass is 35.5. The monoisotopic (exact) mass is 312 g/mol. The number of hydrogen-bond acceptors (Lipinski definition) is 3. The van der Waals surface area contributed by atoms with Gasteiger partial charge in [-0.2, -0.15) is 13.2 Å². The van der Waals surface area contributed by atoms with Gasteiger partial charge in [-0.05, 0) is 18.3 Å². The lowest BCUT2D eigenvalue weighted by Gasteiger charge is -2.11. The average Bonchev–Trinajstić information content (AvgIpc) is 2.34. The molecule has 0 aliphatic heterocycles. The first kappa shape index (κ1) is 15.4. The first-order valence-corrected chi connectivity index (χ1v) is 5.55. The van der Waals surface area contributed by atoms with Crippen molar-refractivity contribution in [2.45, 2.75) is 6.18 Å². The number of nitrogens with zero attached hydrogens (tertiary/aromatic N) is 1. The third-order valence-electron chi connectivity index (χ3n) is 1.90. The number of hydrazine groups is 1. The van der Waals surface area contributed by atoms with Gasteiger partial charge in [-0.3, -0.25) is 15.6 Å². The van der Waals surface area contributed by atoms with Gasteiger partial charge in [0, 0.05) is 13.2 Å². The van der Waals surface area contributed by atoms with Crippen molar-refractivity contribution >= 4 is 34.8 Å². The number of nitrogens with one attached hydrogen (secondary N) is 3. The fourth-order valence-electron chi connectivity index (χ4n) is 0.995. The number of pyridine rings is 1. The van der Waals surface area contributed by atoms with Gasteiger partial charge in [0.15, 0.2) is 5.11 Å². The number of amides is 1. The van der Waals surface area contributed by atoms with Gasteiger partial charge >= 0.3 is 6.18 Å².